The van der Waals surface area contributed by atoms with Crippen molar-refractivity contribution in [3.63, 3.8) is 0 Å². The third-order valence-corrected chi connectivity index (χ3v) is 5.26. The van der Waals surface area contributed by atoms with E-state index >= 15 is 0 Å². The van der Waals surface area contributed by atoms with Gasteiger partial charge in [0.05, 0.1) is 25.5 Å². The smallest absolute Gasteiger partial charge is 0.0765 e. The quantitative estimate of drug-likeness (QED) is 0.527. The van der Waals surface area contributed by atoms with E-state index in [2.05, 4.69) is 72.7 Å². The number of hydrazine groups is 2. The van der Waals surface area contributed by atoms with Gasteiger partial charge >= 0.3 is 0 Å². The molecule has 4 atom stereocenters. The van der Waals surface area contributed by atoms with Gasteiger partial charge in [-0.1, -0.05) is 13.8 Å². The zero-order valence-corrected chi connectivity index (χ0v) is 17.2. The van der Waals surface area contributed by atoms with E-state index in [-0.39, 0.29) is 0 Å². The summed E-state index contributed by atoms with van der Waals surface area (Å²) in [5, 5.41) is 4.66. The summed E-state index contributed by atoms with van der Waals surface area (Å²) in [5.74, 6) is 1.05. The normalized spacial score (nSPS) is 27.4. The molecule has 0 saturated carbocycles. The van der Waals surface area contributed by atoms with Crippen LogP contribution in [0.3, 0.4) is 0 Å². The molecule has 148 valence electrons. The van der Waals surface area contributed by atoms with Gasteiger partial charge in [0, 0.05) is 26.2 Å². The van der Waals surface area contributed by atoms with E-state index in [1.54, 1.807) is 0 Å². The molecule has 2 fully saturated rings. The monoisotopic (exact) mass is 356 g/mol. The van der Waals surface area contributed by atoms with E-state index in [9.17, 15) is 0 Å². The zero-order chi connectivity index (χ0) is 18.4. The van der Waals surface area contributed by atoms with E-state index in [0.717, 1.165) is 39.4 Å². The largest absolute Gasteiger partial charge is 0.381 e. The first-order chi connectivity index (χ1) is 11.9. The maximum Gasteiger partial charge on any atom is 0.0765 e. The minimum atomic E-state index is 0.525. The molecule has 2 saturated heterocycles. The SMILES string of the molecule is CC(CNN1CCC1N(C)C)COCC(C)CNN1CCC1N(C)C. The number of hydrogen-bond donors (Lipinski definition) is 2. The molecule has 2 N–H and O–H groups in total. The predicted octanol–water partition coefficient (Wildman–Crippen LogP) is 0.471. The third kappa shape index (κ3) is 6.43. The Morgan fingerprint density at radius 2 is 1.24 bits per heavy atom. The molecule has 0 aromatic carbocycles. The molecule has 0 bridgehead atoms. The van der Waals surface area contributed by atoms with Crippen LogP contribution in [-0.4, -0.2) is 99.7 Å². The van der Waals surface area contributed by atoms with E-state index in [1.807, 2.05) is 0 Å². The van der Waals surface area contributed by atoms with Crippen molar-refractivity contribution in [2.24, 2.45) is 11.8 Å². The molecular formula is C18H40N6O. The Bertz CT molecular complexity index is 347. The van der Waals surface area contributed by atoms with E-state index in [1.165, 1.54) is 12.8 Å². The molecule has 0 radical (unpaired) electrons. The third-order valence-electron chi connectivity index (χ3n) is 5.26. The summed E-state index contributed by atoms with van der Waals surface area (Å²) < 4.78 is 5.94. The van der Waals surface area contributed by atoms with Gasteiger partial charge in [-0.05, 0) is 52.9 Å². The summed E-state index contributed by atoms with van der Waals surface area (Å²) >= 11 is 0. The Morgan fingerprint density at radius 1 is 0.840 bits per heavy atom. The lowest BCUT2D eigenvalue weighted by atomic mass is 10.1. The molecular weight excluding hydrogens is 316 g/mol. The Balaban J connectivity index is 1.48. The number of rotatable bonds is 12. The van der Waals surface area contributed by atoms with Crippen LogP contribution in [0.1, 0.15) is 26.7 Å². The number of nitrogens with zero attached hydrogens (tertiary/aromatic N) is 4. The van der Waals surface area contributed by atoms with Crippen LogP contribution in [0.25, 0.3) is 0 Å². The average Bonchev–Trinajstić information content (AvgIpc) is 2.43. The molecule has 0 aliphatic carbocycles. The first-order valence-corrected chi connectivity index (χ1v) is 9.79. The fourth-order valence-corrected chi connectivity index (χ4v) is 3.32. The van der Waals surface area contributed by atoms with Crippen molar-refractivity contribution in [2.45, 2.75) is 39.0 Å². The van der Waals surface area contributed by atoms with Gasteiger partial charge in [0.25, 0.3) is 0 Å². The topological polar surface area (TPSA) is 46.2 Å². The summed E-state index contributed by atoms with van der Waals surface area (Å²) in [4.78, 5) is 4.54. The van der Waals surface area contributed by atoms with E-state index < -0.39 is 0 Å². The second-order valence-corrected chi connectivity index (χ2v) is 8.32. The van der Waals surface area contributed by atoms with Crippen molar-refractivity contribution in [3.05, 3.63) is 0 Å². The first-order valence-electron chi connectivity index (χ1n) is 9.79. The highest BCUT2D eigenvalue weighted by atomic mass is 16.5. The lowest BCUT2D eigenvalue weighted by molar-refractivity contribution is -0.0574. The lowest BCUT2D eigenvalue weighted by Crippen LogP contribution is -2.61. The van der Waals surface area contributed by atoms with Gasteiger partial charge in [-0.3, -0.25) is 20.7 Å². The van der Waals surface area contributed by atoms with Crippen molar-refractivity contribution < 1.29 is 4.74 Å². The molecule has 2 rings (SSSR count). The number of ether oxygens (including phenoxy) is 1. The van der Waals surface area contributed by atoms with Crippen molar-refractivity contribution in [1.29, 1.82) is 0 Å². The molecule has 2 aliphatic heterocycles. The van der Waals surface area contributed by atoms with Gasteiger partial charge in [0.2, 0.25) is 0 Å². The molecule has 2 aliphatic rings. The van der Waals surface area contributed by atoms with Crippen LogP contribution < -0.4 is 10.9 Å². The molecule has 0 spiro atoms. The van der Waals surface area contributed by atoms with Crippen molar-refractivity contribution in [1.82, 2.24) is 30.7 Å². The van der Waals surface area contributed by atoms with E-state index in [0.29, 0.717) is 24.2 Å². The Labute approximate surface area is 154 Å². The molecule has 25 heavy (non-hydrogen) atoms. The van der Waals surface area contributed by atoms with E-state index in [4.69, 9.17) is 4.74 Å². The first kappa shape index (κ1) is 21.0. The van der Waals surface area contributed by atoms with Gasteiger partial charge < -0.3 is 4.74 Å². The second kappa shape index (κ2) is 10.2. The molecule has 7 nitrogen and oxygen atoms in total. The van der Waals surface area contributed by atoms with Gasteiger partial charge in [0.15, 0.2) is 0 Å². The summed E-state index contributed by atoms with van der Waals surface area (Å²) in [5.41, 5.74) is 7.09. The highest BCUT2D eigenvalue weighted by Crippen LogP contribution is 2.17. The van der Waals surface area contributed by atoms with Crippen molar-refractivity contribution in [2.75, 3.05) is 67.6 Å². The van der Waals surface area contributed by atoms with Gasteiger partial charge in [0.1, 0.15) is 0 Å². The van der Waals surface area contributed by atoms with Gasteiger partial charge in [-0.25, -0.2) is 10.0 Å². The summed E-state index contributed by atoms with van der Waals surface area (Å²) in [6.07, 6.45) is 3.60. The molecule has 4 unspecified atom stereocenters. The fourth-order valence-electron chi connectivity index (χ4n) is 3.32. The molecule has 2 heterocycles. The zero-order valence-electron chi connectivity index (χ0n) is 17.2. The van der Waals surface area contributed by atoms with Crippen molar-refractivity contribution >= 4 is 0 Å². The van der Waals surface area contributed by atoms with Crippen LogP contribution in [0, 0.1) is 11.8 Å². The second-order valence-electron chi connectivity index (χ2n) is 8.32. The van der Waals surface area contributed by atoms with Crippen LogP contribution in [0.5, 0.6) is 0 Å². The standard InChI is InChI=1S/C18H40N6O/c1-15(11-19-23-9-7-17(23)21(3)4)13-25-14-16(2)12-20-24-10-8-18(24)22(5)6/h15-20H,7-14H2,1-6H3. The van der Waals surface area contributed by atoms with Gasteiger partial charge in [-0.2, -0.15) is 0 Å². The van der Waals surface area contributed by atoms with Gasteiger partial charge in [-0.15, -0.1) is 0 Å². The predicted molar refractivity (Wildman–Crippen MR) is 103 cm³/mol. The van der Waals surface area contributed by atoms with Crippen LogP contribution >= 0.6 is 0 Å². The maximum absolute atomic E-state index is 5.94. The summed E-state index contributed by atoms with van der Waals surface area (Å²) in [7, 11) is 8.56. The van der Waals surface area contributed by atoms with Crippen LogP contribution in [0.2, 0.25) is 0 Å². The number of hydrogen-bond acceptors (Lipinski definition) is 7. The minimum Gasteiger partial charge on any atom is -0.381 e. The highest BCUT2D eigenvalue weighted by molar-refractivity contribution is 4.78. The molecule has 0 aromatic rings. The highest BCUT2D eigenvalue weighted by Gasteiger charge is 2.30. The molecule has 0 aromatic heterocycles. The lowest BCUT2D eigenvalue weighted by Gasteiger charge is -2.45. The Morgan fingerprint density at radius 3 is 1.52 bits per heavy atom. The summed E-state index contributed by atoms with van der Waals surface area (Å²) in [6.45, 7) is 10.4. The Hall–Kier alpha value is -0.280. The Kier molecular flexibility index (Phi) is 8.54. The average molecular weight is 357 g/mol. The van der Waals surface area contributed by atoms with Crippen LogP contribution in [-0.2, 0) is 4.74 Å². The van der Waals surface area contributed by atoms with Crippen LogP contribution in [0.4, 0.5) is 0 Å². The van der Waals surface area contributed by atoms with Crippen molar-refractivity contribution in [3.8, 4) is 0 Å². The molecule has 7 heteroatoms. The maximum atomic E-state index is 5.94. The molecule has 0 amide bonds. The summed E-state index contributed by atoms with van der Waals surface area (Å²) in [6, 6.07) is 0. The fraction of sp³-hybridized carbons (Fsp3) is 1.00. The van der Waals surface area contributed by atoms with Crippen LogP contribution in [0.15, 0.2) is 0 Å². The minimum absolute atomic E-state index is 0.525. The number of nitrogens with one attached hydrogen (secondary N) is 2.